The van der Waals surface area contributed by atoms with Gasteiger partial charge in [-0.05, 0) is 36.2 Å². The first-order valence-corrected chi connectivity index (χ1v) is 11.4. The molecule has 1 aliphatic heterocycles. The molecule has 0 fully saturated rings. The topological polar surface area (TPSA) is 81.2 Å². The van der Waals surface area contributed by atoms with E-state index in [0.29, 0.717) is 16.5 Å². The van der Waals surface area contributed by atoms with Gasteiger partial charge in [0, 0.05) is 19.7 Å². The van der Waals surface area contributed by atoms with E-state index in [1.165, 1.54) is 11.6 Å². The van der Waals surface area contributed by atoms with Crippen molar-refractivity contribution in [3.05, 3.63) is 110 Å². The van der Waals surface area contributed by atoms with Gasteiger partial charge in [0.2, 0.25) is 0 Å². The average molecular weight is 465 g/mol. The van der Waals surface area contributed by atoms with Crippen LogP contribution in [0.15, 0.2) is 82.4 Å². The second-order valence-electron chi connectivity index (χ2n) is 9.02. The largest absolute Gasteiger partial charge is 0.508 e. The summed E-state index contributed by atoms with van der Waals surface area (Å²) in [6.07, 6.45) is 0. The van der Waals surface area contributed by atoms with Crippen LogP contribution in [0.25, 0.3) is 27.8 Å². The van der Waals surface area contributed by atoms with E-state index < -0.39 is 11.7 Å². The maximum Gasteiger partial charge on any atom is 0.331 e. The maximum absolute atomic E-state index is 13.6. The van der Waals surface area contributed by atoms with Gasteiger partial charge in [0.25, 0.3) is 5.56 Å². The number of hydrogen-bond acceptors (Lipinski definition) is 4. The molecular weight excluding hydrogens is 440 g/mol. The van der Waals surface area contributed by atoms with Crippen molar-refractivity contribution < 1.29 is 5.11 Å². The highest BCUT2D eigenvalue weighted by atomic mass is 16.3. The molecule has 174 valence electrons. The standard InChI is InChI=1S/C28H24N4O3/c1-16-13-14-18(21(33)15-16)23-26-25-22(27(34)31(3)28(35)30(25)2)24(17-9-5-4-6-10-17)32(26)20-12-8-7-11-19(20)29-23/h4-15,23,29,33H,1-3H3/t23-/m1/s1. The third-order valence-corrected chi connectivity index (χ3v) is 6.87. The molecule has 2 N–H and O–H groups in total. The second-order valence-corrected chi connectivity index (χ2v) is 9.02. The smallest absolute Gasteiger partial charge is 0.331 e. The van der Waals surface area contributed by atoms with Crippen LogP contribution in [0.4, 0.5) is 5.69 Å². The third kappa shape index (κ3) is 2.91. The zero-order valence-corrected chi connectivity index (χ0v) is 19.6. The predicted octanol–water partition coefficient (Wildman–Crippen LogP) is 4.22. The van der Waals surface area contributed by atoms with Gasteiger partial charge in [0.1, 0.15) is 5.75 Å². The Morgan fingerprint density at radius 3 is 2.34 bits per heavy atom. The number of phenols is 1. The van der Waals surface area contributed by atoms with Gasteiger partial charge in [-0.15, -0.1) is 0 Å². The van der Waals surface area contributed by atoms with Crippen molar-refractivity contribution in [2.24, 2.45) is 14.1 Å². The molecule has 0 amide bonds. The molecule has 7 nitrogen and oxygen atoms in total. The number of hydrogen-bond donors (Lipinski definition) is 2. The van der Waals surface area contributed by atoms with Gasteiger partial charge in [-0.2, -0.15) is 0 Å². The Labute approximate surface area is 201 Å². The molecule has 7 heteroatoms. The molecule has 1 aliphatic rings. The lowest BCUT2D eigenvalue weighted by atomic mass is 9.97. The number of aryl methyl sites for hydroxylation is 2. The Hall–Kier alpha value is -4.52. The molecule has 0 spiro atoms. The van der Waals surface area contributed by atoms with Gasteiger partial charge in [-0.1, -0.05) is 54.6 Å². The van der Waals surface area contributed by atoms with E-state index in [1.54, 1.807) is 13.1 Å². The van der Waals surface area contributed by atoms with Gasteiger partial charge in [0.15, 0.2) is 0 Å². The highest BCUT2D eigenvalue weighted by Gasteiger charge is 2.35. The lowest BCUT2D eigenvalue weighted by molar-refractivity contribution is 0.465. The third-order valence-electron chi connectivity index (χ3n) is 6.87. The highest BCUT2D eigenvalue weighted by molar-refractivity contribution is 5.99. The number of nitrogens with zero attached hydrogens (tertiary/aromatic N) is 3. The second kappa shape index (κ2) is 7.50. The van der Waals surface area contributed by atoms with E-state index in [4.69, 9.17) is 0 Å². The summed E-state index contributed by atoms with van der Waals surface area (Å²) in [6, 6.07) is 22.7. The fraction of sp³-hybridized carbons (Fsp3) is 0.143. The highest BCUT2D eigenvalue weighted by Crippen LogP contribution is 2.46. The van der Waals surface area contributed by atoms with E-state index in [0.717, 1.165) is 38.5 Å². The maximum atomic E-state index is 13.6. The Morgan fingerprint density at radius 1 is 0.886 bits per heavy atom. The van der Waals surface area contributed by atoms with Crippen LogP contribution in [0.2, 0.25) is 0 Å². The number of fused-ring (bicyclic) bond motifs is 5. The van der Waals surface area contributed by atoms with Crippen molar-refractivity contribution in [2.75, 3.05) is 5.32 Å². The fourth-order valence-corrected chi connectivity index (χ4v) is 5.22. The minimum absolute atomic E-state index is 0.151. The summed E-state index contributed by atoms with van der Waals surface area (Å²) >= 11 is 0. The average Bonchev–Trinajstić information content (AvgIpc) is 3.23. The number of benzene rings is 3. The van der Waals surface area contributed by atoms with Gasteiger partial charge >= 0.3 is 5.69 Å². The van der Waals surface area contributed by atoms with Gasteiger partial charge in [-0.25, -0.2) is 4.79 Å². The normalized spacial score (nSPS) is 14.4. The number of anilines is 1. The van der Waals surface area contributed by atoms with Crippen LogP contribution in [0.1, 0.15) is 22.9 Å². The Morgan fingerprint density at radius 2 is 1.60 bits per heavy atom. The SMILES string of the molecule is Cc1ccc([C@H]2Nc3ccccc3-n3c(-c4ccccc4)c4c(=O)n(C)c(=O)n(C)c4c32)c(O)c1. The predicted molar refractivity (Wildman–Crippen MR) is 138 cm³/mol. The molecule has 35 heavy (non-hydrogen) atoms. The zero-order chi connectivity index (χ0) is 24.4. The van der Waals surface area contributed by atoms with Crippen molar-refractivity contribution in [3.8, 4) is 22.7 Å². The molecule has 0 saturated carbocycles. The number of nitrogens with one attached hydrogen (secondary N) is 1. The summed E-state index contributed by atoms with van der Waals surface area (Å²) in [5.74, 6) is 0.151. The van der Waals surface area contributed by atoms with Crippen LogP contribution >= 0.6 is 0 Å². The first-order chi connectivity index (χ1) is 16.9. The van der Waals surface area contributed by atoms with Crippen molar-refractivity contribution in [3.63, 3.8) is 0 Å². The molecular formula is C28H24N4O3. The van der Waals surface area contributed by atoms with E-state index in [1.807, 2.05) is 73.7 Å². The van der Waals surface area contributed by atoms with Gasteiger partial charge in [-0.3, -0.25) is 13.9 Å². The van der Waals surface area contributed by atoms with E-state index in [2.05, 4.69) is 9.88 Å². The van der Waals surface area contributed by atoms with Gasteiger partial charge < -0.3 is 15.0 Å². The first-order valence-electron chi connectivity index (χ1n) is 11.4. The van der Waals surface area contributed by atoms with Crippen molar-refractivity contribution in [1.29, 1.82) is 0 Å². The Kier molecular flexibility index (Phi) is 4.51. The molecule has 0 unspecified atom stereocenters. The van der Waals surface area contributed by atoms with Crippen molar-refractivity contribution in [2.45, 2.75) is 13.0 Å². The molecule has 3 aromatic carbocycles. The van der Waals surface area contributed by atoms with Crippen LogP contribution in [-0.2, 0) is 14.1 Å². The number of aromatic nitrogens is 3. The molecule has 5 aromatic rings. The minimum Gasteiger partial charge on any atom is -0.508 e. The Bertz CT molecular complexity index is 1760. The molecule has 0 radical (unpaired) electrons. The van der Waals surface area contributed by atoms with E-state index in [9.17, 15) is 14.7 Å². The molecule has 1 atom stereocenters. The van der Waals surface area contributed by atoms with E-state index >= 15 is 0 Å². The summed E-state index contributed by atoms with van der Waals surface area (Å²) in [6.45, 7) is 1.92. The van der Waals surface area contributed by atoms with E-state index in [-0.39, 0.29) is 11.3 Å². The van der Waals surface area contributed by atoms with Crippen LogP contribution in [0, 0.1) is 6.92 Å². The van der Waals surface area contributed by atoms with Gasteiger partial charge in [0.05, 0.1) is 39.7 Å². The minimum atomic E-state index is -0.497. The number of aromatic hydroxyl groups is 1. The van der Waals surface area contributed by atoms with Crippen LogP contribution < -0.4 is 16.6 Å². The lowest BCUT2D eigenvalue weighted by Gasteiger charge is -2.31. The molecule has 0 saturated heterocycles. The number of phenolic OH excluding ortho intramolecular Hbond substituents is 1. The molecule has 3 heterocycles. The molecule has 6 rings (SSSR count). The molecule has 0 bridgehead atoms. The van der Waals surface area contributed by atoms with Crippen molar-refractivity contribution >= 4 is 16.6 Å². The summed E-state index contributed by atoms with van der Waals surface area (Å²) in [7, 11) is 3.19. The monoisotopic (exact) mass is 464 g/mol. The van der Waals surface area contributed by atoms with Crippen LogP contribution in [0.3, 0.4) is 0 Å². The first kappa shape index (κ1) is 21.0. The summed E-state index contributed by atoms with van der Waals surface area (Å²) in [4.78, 5) is 26.7. The quantitative estimate of drug-likeness (QED) is 0.410. The number of para-hydroxylation sites is 2. The fourth-order valence-electron chi connectivity index (χ4n) is 5.22. The number of rotatable bonds is 2. The molecule has 0 aliphatic carbocycles. The summed E-state index contributed by atoms with van der Waals surface area (Å²) in [5.41, 5.74) is 5.44. The summed E-state index contributed by atoms with van der Waals surface area (Å²) < 4.78 is 4.75. The van der Waals surface area contributed by atoms with Crippen molar-refractivity contribution in [1.82, 2.24) is 13.7 Å². The van der Waals surface area contributed by atoms with Crippen LogP contribution in [0.5, 0.6) is 5.75 Å². The lowest BCUT2D eigenvalue weighted by Crippen LogP contribution is -2.37. The molecule has 2 aromatic heterocycles. The van der Waals surface area contributed by atoms with Crippen LogP contribution in [-0.4, -0.2) is 18.8 Å². The zero-order valence-electron chi connectivity index (χ0n) is 19.6. The Balaban J connectivity index is 1.87. The summed E-state index contributed by atoms with van der Waals surface area (Å²) in [5, 5.41) is 15.0.